The fourth-order valence-corrected chi connectivity index (χ4v) is 2.93. The Morgan fingerprint density at radius 2 is 1.60 bits per heavy atom. The van der Waals surface area contributed by atoms with Crippen molar-refractivity contribution in [1.29, 1.82) is 0 Å². The number of ketones is 1. The van der Waals surface area contributed by atoms with Gasteiger partial charge in [0.1, 0.15) is 0 Å². The minimum absolute atomic E-state index is 0.108. The average Bonchev–Trinajstić information content (AvgIpc) is 2.87. The maximum absolute atomic E-state index is 12.7. The first-order valence-corrected chi connectivity index (χ1v) is 6.58. The van der Waals surface area contributed by atoms with Gasteiger partial charge in [-0.15, -0.1) is 0 Å². The van der Waals surface area contributed by atoms with Crippen LogP contribution in [0.5, 0.6) is 0 Å². The van der Waals surface area contributed by atoms with Crippen LogP contribution in [0.25, 0.3) is 0 Å². The van der Waals surface area contributed by atoms with Gasteiger partial charge in [0.15, 0.2) is 5.78 Å². The van der Waals surface area contributed by atoms with Crippen LogP contribution in [0, 0.1) is 5.92 Å². The predicted octanol–water partition coefficient (Wildman–Crippen LogP) is 2.91. The normalized spacial score (nSPS) is 20.4. The molecule has 2 aromatic carbocycles. The Bertz CT molecular complexity index is 661. The van der Waals surface area contributed by atoms with Gasteiger partial charge < -0.3 is 5.11 Å². The van der Waals surface area contributed by atoms with E-state index in [0.29, 0.717) is 12.0 Å². The Kier molecular flexibility index (Phi) is 3.11. The summed E-state index contributed by atoms with van der Waals surface area (Å²) in [5.41, 5.74) is 2.39. The maximum atomic E-state index is 12.7. The highest BCUT2D eigenvalue weighted by Gasteiger charge is 2.41. The molecule has 1 N–H and O–H groups in total. The minimum atomic E-state index is -0.907. The molecule has 0 fully saturated rings. The molecule has 0 heterocycles. The summed E-state index contributed by atoms with van der Waals surface area (Å²) in [6.45, 7) is 0. The van der Waals surface area contributed by atoms with Crippen molar-refractivity contribution in [2.45, 2.75) is 12.3 Å². The summed E-state index contributed by atoms with van der Waals surface area (Å²) >= 11 is 0. The predicted molar refractivity (Wildman–Crippen MR) is 74.8 cm³/mol. The lowest BCUT2D eigenvalue weighted by molar-refractivity contribution is -0.141. The second-order valence-corrected chi connectivity index (χ2v) is 5.06. The van der Waals surface area contributed by atoms with Crippen molar-refractivity contribution in [2.75, 3.05) is 0 Å². The van der Waals surface area contributed by atoms with Crippen LogP contribution in [-0.2, 0) is 11.2 Å². The van der Waals surface area contributed by atoms with Crippen molar-refractivity contribution in [2.24, 2.45) is 5.92 Å². The molecule has 100 valence electrons. The molecule has 2 atom stereocenters. The fourth-order valence-electron chi connectivity index (χ4n) is 2.93. The van der Waals surface area contributed by atoms with Crippen LogP contribution in [0.2, 0.25) is 0 Å². The average molecular weight is 266 g/mol. The summed E-state index contributed by atoms with van der Waals surface area (Å²) in [7, 11) is 0. The minimum Gasteiger partial charge on any atom is -0.481 e. The lowest BCUT2D eigenvalue weighted by Crippen LogP contribution is -2.25. The highest BCUT2D eigenvalue weighted by molar-refractivity contribution is 6.04. The highest BCUT2D eigenvalue weighted by atomic mass is 16.4. The molecule has 0 spiro atoms. The van der Waals surface area contributed by atoms with Crippen molar-refractivity contribution < 1.29 is 14.7 Å². The summed E-state index contributed by atoms with van der Waals surface area (Å²) in [5, 5.41) is 9.40. The summed E-state index contributed by atoms with van der Waals surface area (Å²) in [6.07, 6.45) is 0.425. The van der Waals surface area contributed by atoms with Crippen LogP contribution in [0.4, 0.5) is 0 Å². The van der Waals surface area contributed by atoms with Crippen LogP contribution >= 0.6 is 0 Å². The summed E-state index contributed by atoms with van der Waals surface area (Å²) in [5.74, 6) is -2.26. The van der Waals surface area contributed by atoms with Crippen LogP contribution in [0.1, 0.15) is 27.4 Å². The third-order valence-electron chi connectivity index (χ3n) is 3.89. The van der Waals surface area contributed by atoms with Gasteiger partial charge in [0.2, 0.25) is 0 Å². The van der Waals surface area contributed by atoms with Crippen LogP contribution in [0.15, 0.2) is 54.6 Å². The lowest BCUT2D eigenvalue weighted by atomic mass is 9.85. The van der Waals surface area contributed by atoms with Crippen molar-refractivity contribution >= 4 is 11.8 Å². The first-order valence-electron chi connectivity index (χ1n) is 6.58. The van der Waals surface area contributed by atoms with E-state index in [1.165, 1.54) is 0 Å². The first kappa shape index (κ1) is 12.6. The molecular weight excluding hydrogens is 252 g/mol. The number of carbonyl (C=O) groups excluding carboxylic acids is 1. The topological polar surface area (TPSA) is 54.4 Å². The smallest absolute Gasteiger partial charge is 0.307 e. The number of aliphatic carboxylic acids is 1. The Labute approximate surface area is 116 Å². The van der Waals surface area contributed by atoms with Gasteiger partial charge in [0, 0.05) is 5.56 Å². The number of benzene rings is 2. The molecule has 2 aromatic rings. The molecule has 3 rings (SSSR count). The van der Waals surface area contributed by atoms with Gasteiger partial charge in [-0.3, -0.25) is 9.59 Å². The summed E-state index contributed by atoms with van der Waals surface area (Å²) < 4.78 is 0. The molecule has 0 aliphatic heterocycles. The second-order valence-electron chi connectivity index (χ2n) is 5.06. The summed E-state index contributed by atoms with van der Waals surface area (Å²) in [6, 6.07) is 16.4. The van der Waals surface area contributed by atoms with Crippen molar-refractivity contribution in [3.05, 3.63) is 71.3 Å². The zero-order chi connectivity index (χ0) is 14.1. The van der Waals surface area contributed by atoms with E-state index in [-0.39, 0.29) is 5.78 Å². The van der Waals surface area contributed by atoms with Crippen LogP contribution < -0.4 is 0 Å². The largest absolute Gasteiger partial charge is 0.481 e. The molecule has 3 heteroatoms. The van der Waals surface area contributed by atoms with E-state index in [2.05, 4.69) is 0 Å². The molecular formula is C17H14O3. The number of Topliss-reactive ketones (excluding diaryl/α,β-unsaturated/α-hetero) is 1. The van der Waals surface area contributed by atoms with E-state index < -0.39 is 17.8 Å². The van der Waals surface area contributed by atoms with Gasteiger partial charge in [-0.1, -0.05) is 54.6 Å². The van der Waals surface area contributed by atoms with Gasteiger partial charge >= 0.3 is 5.97 Å². The molecule has 20 heavy (non-hydrogen) atoms. The molecule has 0 saturated heterocycles. The molecule has 0 amide bonds. The third kappa shape index (κ3) is 2.01. The number of fused-ring (bicyclic) bond motifs is 1. The SMILES string of the molecule is O=C(O)C1Cc2ccccc2C1C(=O)c1ccccc1. The monoisotopic (exact) mass is 266 g/mol. The van der Waals surface area contributed by atoms with Gasteiger partial charge in [0.25, 0.3) is 0 Å². The van der Waals surface area contributed by atoms with Gasteiger partial charge in [-0.2, -0.15) is 0 Å². The molecule has 0 radical (unpaired) electrons. The highest BCUT2D eigenvalue weighted by Crippen LogP contribution is 2.40. The van der Waals surface area contributed by atoms with Crippen molar-refractivity contribution in [1.82, 2.24) is 0 Å². The molecule has 1 aliphatic rings. The molecule has 0 bridgehead atoms. The quantitative estimate of drug-likeness (QED) is 0.869. The van der Waals surface area contributed by atoms with E-state index in [4.69, 9.17) is 0 Å². The Morgan fingerprint density at radius 1 is 0.950 bits per heavy atom. The van der Waals surface area contributed by atoms with Crippen LogP contribution in [0.3, 0.4) is 0 Å². The number of hydrogen-bond donors (Lipinski definition) is 1. The van der Waals surface area contributed by atoms with Crippen LogP contribution in [-0.4, -0.2) is 16.9 Å². The zero-order valence-corrected chi connectivity index (χ0v) is 10.8. The Balaban J connectivity index is 2.05. The Morgan fingerprint density at radius 3 is 2.30 bits per heavy atom. The fraction of sp³-hybridized carbons (Fsp3) is 0.176. The number of carboxylic acids is 1. The number of carboxylic acid groups (broad SMARTS) is 1. The Hall–Kier alpha value is -2.42. The van der Waals surface area contributed by atoms with E-state index in [9.17, 15) is 14.7 Å². The van der Waals surface area contributed by atoms with Gasteiger partial charge in [-0.25, -0.2) is 0 Å². The molecule has 1 aliphatic carbocycles. The number of hydrogen-bond acceptors (Lipinski definition) is 2. The number of carbonyl (C=O) groups is 2. The maximum Gasteiger partial charge on any atom is 0.307 e. The third-order valence-corrected chi connectivity index (χ3v) is 3.89. The van der Waals surface area contributed by atoms with E-state index in [1.54, 1.807) is 24.3 Å². The van der Waals surface area contributed by atoms with E-state index >= 15 is 0 Å². The van der Waals surface area contributed by atoms with Gasteiger partial charge in [0.05, 0.1) is 11.8 Å². The standard InChI is InChI=1S/C17H14O3/c18-16(11-6-2-1-3-7-11)15-13-9-5-4-8-12(13)10-14(15)17(19)20/h1-9,14-15H,10H2,(H,19,20). The zero-order valence-electron chi connectivity index (χ0n) is 10.8. The lowest BCUT2D eigenvalue weighted by Gasteiger charge is -2.15. The van der Waals surface area contributed by atoms with Crippen molar-refractivity contribution in [3.63, 3.8) is 0 Å². The molecule has 0 aromatic heterocycles. The first-order chi connectivity index (χ1) is 9.68. The van der Waals surface area contributed by atoms with E-state index in [0.717, 1.165) is 11.1 Å². The second kappa shape index (κ2) is 4.93. The van der Waals surface area contributed by atoms with E-state index in [1.807, 2.05) is 30.3 Å². The molecule has 2 unspecified atom stereocenters. The molecule has 3 nitrogen and oxygen atoms in total. The summed E-state index contributed by atoms with van der Waals surface area (Å²) in [4.78, 5) is 24.1. The van der Waals surface area contributed by atoms with Gasteiger partial charge in [-0.05, 0) is 17.5 Å². The molecule has 0 saturated carbocycles. The van der Waals surface area contributed by atoms with Crippen molar-refractivity contribution in [3.8, 4) is 0 Å². The number of rotatable bonds is 3.